The quantitative estimate of drug-likeness (QED) is 0.561. The van der Waals surface area contributed by atoms with E-state index in [2.05, 4.69) is 19.2 Å². The second kappa shape index (κ2) is 2.48. The van der Waals surface area contributed by atoms with Crippen LogP contribution in [0.15, 0.2) is 0 Å². The molecule has 1 nitrogen and oxygen atoms in total. The summed E-state index contributed by atoms with van der Waals surface area (Å²) in [4.78, 5) is 0. The number of hydrogen-bond donors (Lipinski definition) is 1. The van der Waals surface area contributed by atoms with Gasteiger partial charge in [0.25, 0.3) is 0 Å². The van der Waals surface area contributed by atoms with Gasteiger partial charge in [-0.3, -0.25) is 0 Å². The predicted molar refractivity (Wildman–Crippen MR) is 47.5 cm³/mol. The molecule has 1 saturated heterocycles. The van der Waals surface area contributed by atoms with Crippen molar-refractivity contribution < 1.29 is 0 Å². The van der Waals surface area contributed by atoms with Crippen LogP contribution >= 0.6 is 0 Å². The predicted octanol–water partition coefficient (Wildman–Crippen LogP) is 2.03. The van der Waals surface area contributed by atoms with Gasteiger partial charge in [0.1, 0.15) is 0 Å². The maximum absolute atomic E-state index is 3.48. The van der Waals surface area contributed by atoms with E-state index in [-0.39, 0.29) is 0 Å². The van der Waals surface area contributed by atoms with E-state index < -0.39 is 0 Å². The normalized spacial score (nSPS) is 50.7. The Bertz CT molecular complexity index is 155. The summed E-state index contributed by atoms with van der Waals surface area (Å²) in [5.41, 5.74) is 0.755. The molecule has 1 heterocycles. The molecule has 0 amide bonds. The zero-order chi connectivity index (χ0) is 7.90. The van der Waals surface area contributed by atoms with Gasteiger partial charge < -0.3 is 5.32 Å². The monoisotopic (exact) mass is 153 g/mol. The first-order valence-corrected chi connectivity index (χ1v) is 4.96. The minimum Gasteiger partial charge on any atom is -0.316 e. The topological polar surface area (TPSA) is 12.0 Å². The van der Waals surface area contributed by atoms with Gasteiger partial charge >= 0.3 is 0 Å². The minimum atomic E-state index is 0.755. The SMILES string of the molecule is CC1CCC12CCNCC2C. The van der Waals surface area contributed by atoms with E-state index >= 15 is 0 Å². The maximum atomic E-state index is 3.48. The van der Waals surface area contributed by atoms with E-state index in [9.17, 15) is 0 Å². The summed E-state index contributed by atoms with van der Waals surface area (Å²) in [6, 6.07) is 0. The van der Waals surface area contributed by atoms with Crippen molar-refractivity contribution in [2.75, 3.05) is 13.1 Å². The average molecular weight is 153 g/mol. The third kappa shape index (κ3) is 0.936. The van der Waals surface area contributed by atoms with Crippen LogP contribution in [-0.2, 0) is 0 Å². The molecule has 64 valence electrons. The second-order valence-corrected chi connectivity index (χ2v) is 4.53. The van der Waals surface area contributed by atoms with Crippen molar-refractivity contribution in [2.24, 2.45) is 17.3 Å². The molecule has 0 radical (unpaired) electrons. The van der Waals surface area contributed by atoms with Gasteiger partial charge in [-0.25, -0.2) is 0 Å². The molecule has 0 aromatic carbocycles. The van der Waals surface area contributed by atoms with Crippen molar-refractivity contribution in [3.8, 4) is 0 Å². The summed E-state index contributed by atoms with van der Waals surface area (Å²) in [5.74, 6) is 1.92. The zero-order valence-electron chi connectivity index (χ0n) is 7.69. The van der Waals surface area contributed by atoms with E-state index in [1.807, 2.05) is 0 Å². The van der Waals surface area contributed by atoms with Crippen LogP contribution in [0.5, 0.6) is 0 Å². The molecule has 1 N–H and O–H groups in total. The first kappa shape index (κ1) is 7.60. The molecule has 1 aliphatic carbocycles. The fourth-order valence-corrected chi connectivity index (χ4v) is 3.00. The standard InChI is InChI=1S/C10H19N/c1-8-3-4-10(8)5-6-11-7-9(10)2/h8-9,11H,3-7H2,1-2H3. The van der Waals surface area contributed by atoms with Gasteiger partial charge in [-0.05, 0) is 49.6 Å². The lowest BCUT2D eigenvalue weighted by molar-refractivity contribution is -0.0381. The summed E-state index contributed by atoms with van der Waals surface area (Å²) in [5, 5.41) is 3.48. The third-order valence-corrected chi connectivity index (χ3v) is 4.22. The molecule has 2 rings (SSSR count). The van der Waals surface area contributed by atoms with Crippen LogP contribution in [0, 0.1) is 17.3 Å². The molecule has 1 saturated carbocycles. The molecule has 3 atom stereocenters. The lowest BCUT2D eigenvalue weighted by atomic mass is 9.52. The zero-order valence-corrected chi connectivity index (χ0v) is 7.69. The number of rotatable bonds is 0. The Morgan fingerprint density at radius 1 is 1.18 bits per heavy atom. The number of hydrogen-bond acceptors (Lipinski definition) is 1. The molecule has 1 aliphatic heterocycles. The maximum Gasteiger partial charge on any atom is -0.00177 e. The van der Waals surface area contributed by atoms with Crippen molar-refractivity contribution in [3.63, 3.8) is 0 Å². The highest BCUT2D eigenvalue weighted by Gasteiger charge is 2.48. The van der Waals surface area contributed by atoms with Crippen LogP contribution in [0.25, 0.3) is 0 Å². The summed E-state index contributed by atoms with van der Waals surface area (Å²) < 4.78 is 0. The van der Waals surface area contributed by atoms with Gasteiger partial charge in [0.05, 0.1) is 0 Å². The van der Waals surface area contributed by atoms with E-state index in [0.717, 1.165) is 17.3 Å². The smallest absolute Gasteiger partial charge is 0.00177 e. The first-order valence-electron chi connectivity index (χ1n) is 4.96. The van der Waals surface area contributed by atoms with Gasteiger partial charge in [0, 0.05) is 0 Å². The van der Waals surface area contributed by atoms with Crippen LogP contribution in [0.1, 0.15) is 33.1 Å². The average Bonchev–Trinajstić information content (AvgIpc) is 2.03. The van der Waals surface area contributed by atoms with Gasteiger partial charge in [0.2, 0.25) is 0 Å². The Kier molecular flexibility index (Phi) is 1.71. The first-order chi connectivity index (χ1) is 5.26. The Morgan fingerprint density at radius 2 is 2.00 bits per heavy atom. The summed E-state index contributed by atoms with van der Waals surface area (Å²) >= 11 is 0. The van der Waals surface area contributed by atoms with Crippen molar-refractivity contribution in [3.05, 3.63) is 0 Å². The largest absolute Gasteiger partial charge is 0.316 e. The molecular formula is C10H19N. The van der Waals surface area contributed by atoms with Crippen LogP contribution in [0.4, 0.5) is 0 Å². The molecule has 2 fully saturated rings. The lowest BCUT2D eigenvalue weighted by Crippen LogP contribution is -2.52. The molecule has 0 aromatic heterocycles. The molecule has 0 bridgehead atoms. The van der Waals surface area contributed by atoms with Crippen molar-refractivity contribution in [2.45, 2.75) is 33.1 Å². The van der Waals surface area contributed by atoms with Crippen molar-refractivity contribution >= 4 is 0 Å². The van der Waals surface area contributed by atoms with Gasteiger partial charge in [-0.2, -0.15) is 0 Å². The highest BCUT2D eigenvalue weighted by atomic mass is 14.9. The fourth-order valence-electron chi connectivity index (χ4n) is 3.00. The highest BCUT2D eigenvalue weighted by molar-refractivity contribution is 4.99. The highest BCUT2D eigenvalue weighted by Crippen LogP contribution is 2.54. The Hall–Kier alpha value is -0.0400. The van der Waals surface area contributed by atoms with E-state index in [4.69, 9.17) is 0 Å². The van der Waals surface area contributed by atoms with E-state index in [1.165, 1.54) is 32.4 Å². The summed E-state index contributed by atoms with van der Waals surface area (Å²) in [6.07, 6.45) is 4.40. The van der Waals surface area contributed by atoms with Crippen molar-refractivity contribution in [1.82, 2.24) is 5.32 Å². The van der Waals surface area contributed by atoms with Crippen molar-refractivity contribution in [1.29, 1.82) is 0 Å². The van der Waals surface area contributed by atoms with Gasteiger partial charge in [0.15, 0.2) is 0 Å². The minimum absolute atomic E-state index is 0.755. The molecule has 11 heavy (non-hydrogen) atoms. The molecular weight excluding hydrogens is 134 g/mol. The molecule has 2 aliphatic rings. The van der Waals surface area contributed by atoms with Gasteiger partial charge in [-0.1, -0.05) is 13.8 Å². The molecule has 3 unspecified atom stereocenters. The van der Waals surface area contributed by atoms with Crippen LogP contribution in [0.3, 0.4) is 0 Å². The van der Waals surface area contributed by atoms with E-state index in [0.29, 0.717) is 0 Å². The summed E-state index contributed by atoms with van der Waals surface area (Å²) in [6.45, 7) is 7.37. The van der Waals surface area contributed by atoms with Gasteiger partial charge in [-0.15, -0.1) is 0 Å². The molecule has 1 heteroatoms. The van der Waals surface area contributed by atoms with Crippen LogP contribution in [0.2, 0.25) is 0 Å². The van der Waals surface area contributed by atoms with Crippen LogP contribution in [-0.4, -0.2) is 13.1 Å². The fraction of sp³-hybridized carbons (Fsp3) is 1.00. The third-order valence-electron chi connectivity index (χ3n) is 4.22. The lowest BCUT2D eigenvalue weighted by Gasteiger charge is -2.55. The van der Waals surface area contributed by atoms with E-state index in [1.54, 1.807) is 0 Å². The molecule has 1 spiro atoms. The molecule has 0 aromatic rings. The number of nitrogens with one attached hydrogen (secondary N) is 1. The Morgan fingerprint density at radius 3 is 2.36 bits per heavy atom. The summed E-state index contributed by atoms with van der Waals surface area (Å²) in [7, 11) is 0. The Labute approximate surface area is 69.6 Å². The number of piperidine rings is 1. The second-order valence-electron chi connectivity index (χ2n) is 4.53. The Balaban J connectivity index is 2.09. The van der Waals surface area contributed by atoms with Crippen LogP contribution < -0.4 is 5.32 Å².